The van der Waals surface area contributed by atoms with Crippen LogP contribution in [-0.4, -0.2) is 34.1 Å². The first-order valence-electron chi connectivity index (χ1n) is 10.1. The largest absolute Gasteiger partial charge is 0.497 e. The number of guanidine groups is 1. The molecule has 3 aromatic rings. The Morgan fingerprint density at radius 2 is 1.94 bits per heavy atom. The zero-order valence-corrected chi connectivity index (χ0v) is 18.0. The summed E-state index contributed by atoms with van der Waals surface area (Å²) in [6.07, 6.45) is 6.61. The molecule has 0 bridgehead atoms. The molecule has 1 aliphatic rings. The highest BCUT2D eigenvalue weighted by Gasteiger charge is 2.35. The maximum Gasteiger partial charge on any atom is 0.203 e. The summed E-state index contributed by atoms with van der Waals surface area (Å²) in [5.41, 5.74) is 8.42. The Hall–Kier alpha value is -3.16. The third-order valence-electron chi connectivity index (χ3n) is 5.71. The number of nitrogens with zero attached hydrogens (tertiary/aromatic N) is 3. The summed E-state index contributed by atoms with van der Waals surface area (Å²) >= 11 is 5.98. The third-order valence-corrected chi connectivity index (χ3v) is 5.96. The maximum absolute atomic E-state index is 7.77. The lowest BCUT2D eigenvalue weighted by atomic mass is 9.95. The molecule has 7 nitrogen and oxygen atoms in total. The van der Waals surface area contributed by atoms with Gasteiger partial charge in [0.05, 0.1) is 24.4 Å². The number of rotatable bonds is 5. The highest BCUT2D eigenvalue weighted by Crippen LogP contribution is 2.39. The SMILES string of the molecule is COc1ccc2nc(C=Cc3ccc(Cl)cc3)nc([C@@H]3CCC[C@@H]3N(N)C(=N)N)c2c1. The second kappa shape index (κ2) is 8.91. The quantitative estimate of drug-likeness (QED) is 0.239. The third kappa shape index (κ3) is 4.47. The van der Waals surface area contributed by atoms with Crippen LogP contribution < -0.4 is 16.3 Å². The summed E-state index contributed by atoms with van der Waals surface area (Å²) in [7, 11) is 1.64. The number of hydrogen-bond donors (Lipinski definition) is 3. The van der Waals surface area contributed by atoms with Crippen molar-refractivity contribution in [2.45, 2.75) is 31.2 Å². The molecule has 1 aliphatic carbocycles. The van der Waals surface area contributed by atoms with Crippen molar-refractivity contribution in [3.8, 4) is 5.75 Å². The molecule has 0 radical (unpaired) electrons. The molecule has 2 aromatic carbocycles. The summed E-state index contributed by atoms with van der Waals surface area (Å²) in [5, 5.41) is 10.7. The lowest BCUT2D eigenvalue weighted by molar-refractivity contribution is 0.294. The van der Waals surface area contributed by atoms with E-state index in [1.54, 1.807) is 7.11 Å². The van der Waals surface area contributed by atoms with E-state index in [2.05, 4.69) is 0 Å². The Morgan fingerprint density at radius 1 is 1.16 bits per heavy atom. The molecule has 0 aliphatic heterocycles. The summed E-state index contributed by atoms with van der Waals surface area (Å²) in [5.74, 6) is 7.37. The molecule has 2 atom stereocenters. The van der Waals surface area contributed by atoms with E-state index in [4.69, 9.17) is 43.3 Å². The minimum absolute atomic E-state index is 0.0363. The van der Waals surface area contributed by atoms with Crippen molar-refractivity contribution in [2.75, 3.05) is 7.11 Å². The number of fused-ring (bicyclic) bond motifs is 1. The predicted molar refractivity (Wildman–Crippen MR) is 125 cm³/mol. The minimum Gasteiger partial charge on any atom is -0.497 e. The molecular weight excluding hydrogens is 412 g/mol. The van der Waals surface area contributed by atoms with Gasteiger partial charge in [-0.3, -0.25) is 10.4 Å². The fourth-order valence-electron chi connectivity index (χ4n) is 4.15. The summed E-state index contributed by atoms with van der Waals surface area (Å²) in [4.78, 5) is 9.64. The molecule has 0 spiro atoms. The lowest BCUT2D eigenvalue weighted by Gasteiger charge is -2.29. The van der Waals surface area contributed by atoms with Gasteiger partial charge in [-0.1, -0.05) is 36.2 Å². The maximum atomic E-state index is 7.77. The van der Waals surface area contributed by atoms with Gasteiger partial charge in [0.1, 0.15) is 5.75 Å². The average molecular weight is 437 g/mol. The fraction of sp³-hybridized carbons (Fsp3) is 0.261. The molecule has 160 valence electrons. The van der Waals surface area contributed by atoms with Crippen molar-refractivity contribution in [1.82, 2.24) is 15.0 Å². The summed E-state index contributed by atoms with van der Waals surface area (Å²) in [6, 6.07) is 13.3. The summed E-state index contributed by atoms with van der Waals surface area (Å²) < 4.78 is 5.43. The van der Waals surface area contributed by atoms with E-state index < -0.39 is 0 Å². The zero-order chi connectivity index (χ0) is 22.0. The van der Waals surface area contributed by atoms with Crippen LogP contribution in [0.3, 0.4) is 0 Å². The van der Waals surface area contributed by atoms with E-state index in [1.165, 1.54) is 5.01 Å². The van der Waals surface area contributed by atoms with Gasteiger partial charge in [-0.15, -0.1) is 0 Å². The van der Waals surface area contributed by atoms with E-state index in [9.17, 15) is 0 Å². The molecule has 4 rings (SSSR count). The van der Waals surface area contributed by atoms with Gasteiger partial charge in [0.25, 0.3) is 0 Å². The van der Waals surface area contributed by atoms with Crippen molar-refractivity contribution < 1.29 is 4.74 Å². The van der Waals surface area contributed by atoms with Crippen LogP contribution in [0.5, 0.6) is 5.75 Å². The van der Waals surface area contributed by atoms with Gasteiger partial charge in [0.2, 0.25) is 5.96 Å². The molecule has 1 heterocycles. The first-order valence-corrected chi connectivity index (χ1v) is 10.5. The van der Waals surface area contributed by atoms with Crippen molar-refractivity contribution in [2.24, 2.45) is 11.6 Å². The van der Waals surface area contributed by atoms with E-state index in [-0.39, 0.29) is 17.9 Å². The first kappa shape index (κ1) is 21.1. The zero-order valence-electron chi connectivity index (χ0n) is 17.3. The number of methoxy groups -OCH3 is 1. The number of nitrogens with one attached hydrogen (secondary N) is 1. The van der Waals surface area contributed by atoms with Crippen LogP contribution in [0.15, 0.2) is 42.5 Å². The topological polar surface area (TPSA) is 114 Å². The molecule has 0 saturated heterocycles. The Kier molecular flexibility index (Phi) is 6.06. The number of ether oxygens (including phenoxy) is 1. The molecule has 1 fully saturated rings. The van der Waals surface area contributed by atoms with Gasteiger partial charge in [0, 0.05) is 16.3 Å². The molecule has 31 heavy (non-hydrogen) atoms. The van der Waals surface area contributed by atoms with E-state index in [0.29, 0.717) is 10.8 Å². The van der Waals surface area contributed by atoms with Crippen LogP contribution in [-0.2, 0) is 0 Å². The van der Waals surface area contributed by atoms with Gasteiger partial charge < -0.3 is 10.5 Å². The van der Waals surface area contributed by atoms with Crippen molar-refractivity contribution in [3.63, 3.8) is 0 Å². The Labute approximate surface area is 186 Å². The van der Waals surface area contributed by atoms with Crippen LogP contribution in [0.25, 0.3) is 23.1 Å². The lowest BCUT2D eigenvalue weighted by Crippen LogP contribution is -2.50. The second-order valence-corrected chi connectivity index (χ2v) is 8.07. The molecule has 0 amide bonds. The number of nitrogens with two attached hydrogens (primary N) is 2. The van der Waals surface area contributed by atoms with Crippen LogP contribution in [0.1, 0.15) is 42.3 Å². The van der Waals surface area contributed by atoms with Crippen LogP contribution >= 0.6 is 11.6 Å². The highest BCUT2D eigenvalue weighted by atomic mass is 35.5. The smallest absolute Gasteiger partial charge is 0.203 e. The first-order chi connectivity index (χ1) is 15.0. The number of halogens is 1. The van der Waals surface area contributed by atoms with Gasteiger partial charge >= 0.3 is 0 Å². The molecule has 8 heteroatoms. The number of hydrazine groups is 1. The fourth-order valence-corrected chi connectivity index (χ4v) is 4.28. The van der Waals surface area contributed by atoms with E-state index >= 15 is 0 Å². The minimum atomic E-state index is -0.143. The standard InChI is InChI=1S/C23H25ClN6O/c1-31-16-10-11-19-18(13-16)22(17-3-2-4-20(17)30(27)23(25)26)29-21(28-19)12-7-14-5-8-15(24)9-6-14/h5-13,17,20H,2-4,27H2,1H3,(H3,25,26)/t17-,20+/m1/s1. The van der Waals surface area contributed by atoms with Crippen molar-refractivity contribution >= 4 is 40.6 Å². The Balaban J connectivity index is 1.79. The molecule has 5 N–H and O–H groups in total. The van der Waals surface area contributed by atoms with Crippen LogP contribution in [0.2, 0.25) is 5.02 Å². The number of benzene rings is 2. The average Bonchev–Trinajstić information content (AvgIpc) is 3.26. The molecule has 0 unspecified atom stereocenters. The molecule has 1 saturated carbocycles. The monoisotopic (exact) mass is 436 g/mol. The van der Waals surface area contributed by atoms with Gasteiger partial charge in [0.15, 0.2) is 5.82 Å². The Bertz CT molecular complexity index is 1130. The van der Waals surface area contributed by atoms with Gasteiger partial charge in [-0.05, 0) is 54.8 Å². The van der Waals surface area contributed by atoms with Crippen LogP contribution in [0, 0.1) is 5.41 Å². The van der Waals surface area contributed by atoms with E-state index in [1.807, 2.05) is 54.6 Å². The predicted octanol–water partition coefficient (Wildman–Crippen LogP) is 4.17. The second-order valence-electron chi connectivity index (χ2n) is 7.63. The number of hydrogen-bond acceptors (Lipinski definition) is 5. The van der Waals surface area contributed by atoms with Crippen LogP contribution in [0.4, 0.5) is 0 Å². The Morgan fingerprint density at radius 3 is 2.65 bits per heavy atom. The van der Waals surface area contributed by atoms with Gasteiger partial charge in [-0.2, -0.15) is 0 Å². The number of aromatic nitrogens is 2. The van der Waals surface area contributed by atoms with E-state index in [0.717, 1.165) is 47.2 Å². The van der Waals surface area contributed by atoms with Gasteiger partial charge in [-0.25, -0.2) is 15.8 Å². The normalized spacial score (nSPS) is 18.5. The summed E-state index contributed by atoms with van der Waals surface area (Å²) in [6.45, 7) is 0. The highest BCUT2D eigenvalue weighted by molar-refractivity contribution is 6.30. The molecular formula is C23H25ClN6O. The van der Waals surface area contributed by atoms with Crippen molar-refractivity contribution in [3.05, 3.63) is 64.6 Å². The van der Waals surface area contributed by atoms with Crippen molar-refractivity contribution in [1.29, 1.82) is 5.41 Å². The molecule has 1 aromatic heterocycles.